The van der Waals surface area contributed by atoms with Crippen LogP contribution in [-0.4, -0.2) is 54.3 Å². The third-order valence-electron chi connectivity index (χ3n) is 5.15. The number of hydrogen-bond acceptors (Lipinski definition) is 4. The number of rotatable bonds is 8. The maximum Gasteiger partial charge on any atom is 0.319 e. The number of urea groups is 1. The van der Waals surface area contributed by atoms with Crippen molar-refractivity contribution in [1.82, 2.24) is 10.2 Å². The number of anilines is 1. The van der Waals surface area contributed by atoms with Crippen LogP contribution in [0.3, 0.4) is 0 Å². The van der Waals surface area contributed by atoms with E-state index in [1.165, 1.54) is 5.56 Å². The number of benzene rings is 2. The Morgan fingerprint density at radius 3 is 2.63 bits per heavy atom. The fourth-order valence-corrected chi connectivity index (χ4v) is 3.60. The number of hydrogen-bond donors (Lipinski definition) is 3. The van der Waals surface area contributed by atoms with Crippen molar-refractivity contribution in [3.05, 3.63) is 65.7 Å². The van der Waals surface area contributed by atoms with Gasteiger partial charge in [-0.1, -0.05) is 42.5 Å². The smallest absolute Gasteiger partial charge is 0.319 e. The van der Waals surface area contributed by atoms with Gasteiger partial charge in [-0.25, -0.2) is 4.79 Å². The van der Waals surface area contributed by atoms with Crippen LogP contribution in [0, 0.1) is 0 Å². The lowest BCUT2D eigenvalue weighted by Gasteiger charge is -2.38. The van der Waals surface area contributed by atoms with Crippen LogP contribution >= 0.6 is 0 Å². The van der Waals surface area contributed by atoms with Gasteiger partial charge < -0.3 is 25.4 Å². The molecule has 3 N–H and O–H groups in total. The number of carbonyl (C=O) groups excluding carboxylic acids is 2. The number of amides is 3. The molecule has 0 spiro atoms. The number of aliphatic hydroxyl groups excluding tert-OH is 1. The molecule has 1 aliphatic heterocycles. The van der Waals surface area contributed by atoms with Gasteiger partial charge in [0.25, 0.3) is 0 Å². The summed E-state index contributed by atoms with van der Waals surface area (Å²) in [4.78, 5) is 25.8. The quantitative estimate of drug-likeness (QED) is 0.623. The summed E-state index contributed by atoms with van der Waals surface area (Å²) >= 11 is 0. The van der Waals surface area contributed by atoms with E-state index in [0.29, 0.717) is 24.3 Å². The van der Waals surface area contributed by atoms with Gasteiger partial charge >= 0.3 is 6.03 Å². The number of nitrogens with one attached hydrogen (secondary N) is 2. The van der Waals surface area contributed by atoms with Gasteiger partial charge in [-0.05, 0) is 43.0 Å². The van der Waals surface area contributed by atoms with Crippen molar-refractivity contribution in [3.63, 3.8) is 0 Å². The topological polar surface area (TPSA) is 90.9 Å². The van der Waals surface area contributed by atoms with E-state index in [-0.39, 0.29) is 25.2 Å². The van der Waals surface area contributed by atoms with Crippen molar-refractivity contribution >= 4 is 17.6 Å². The van der Waals surface area contributed by atoms with Gasteiger partial charge in [0.05, 0.1) is 12.6 Å². The maximum atomic E-state index is 12.5. The molecule has 1 aliphatic rings. The van der Waals surface area contributed by atoms with Crippen molar-refractivity contribution in [2.24, 2.45) is 0 Å². The van der Waals surface area contributed by atoms with Crippen LogP contribution in [0.4, 0.5) is 10.5 Å². The van der Waals surface area contributed by atoms with Gasteiger partial charge in [-0.2, -0.15) is 0 Å². The Bertz CT molecular complexity index is 826. The van der Waals surface area contributed by atoms with E-state index >= 15 is 0 Å². The summed E-state index contributed by atoms with van der Waals surface area (Å²) in [5.74, 6) is -0.104. The summed E-state index contributed by atoms with van der Waals surface area (Å²) in [6, 6.07) is 16.4. The molecule has 0 bridgehead atoms. The number of aliphatic hydroxyl groups is 1. The van der Waals surface area contributed by atoms with Crippen molar-refractivity contribution in [2.45, 2.75) is 31.9 Å². The minimum Gasteiger partial charge on any atom is -0.386 e. The Labute approximate surface area is 177 Å². The predicted octanol–water partition coefficient (Wildman–Crippen LogP) is 2.72. The Hall–Kier alpha value is -2.90. The lowest BCUT2D eigenvalue weighted by molar-refractivity contribution is -0.154. The molecule has 7 nitrogen and oxygen atoms in total. The zero-order chi connectivity index (χ0) is 21.3. The normalized spacial score (nSPS) is 17.5. The summed E-state index contributed by atoms with van der Waals surface area (Å²) in [6.07, 6.45) is 0.813. The fourth-order valence-electron chi connectivity index (χ4n) is 3.60. The standard InChI is InChI=1S/C23H29N3O4/c1-2-24-23(29)25-19-12-10-18(11-13-19)22(28)20-15-30-16-21(27)26(20)14-6-9-17-7-4-3-5-8-17/h3-5,7-8,10-13,20,22,28H,2,6,9,14-16H2,1H3,(H2,24,25,29)/t20-,22-/m1/s1. The number of aryl methyl sites for hydroxylation is 1. The molecule has 0 radical (unpaired) electrons. The molecule has 160 valence electrons. The van der Waals surface area contributed by atoms with Crippen LogP contribution < -0.4 is 10.6 Å². The molecule has 0 aromatic heterocycles. The zero-order valence-electron chi connectivity index (χ0n) is 17.2. The van der Waals surface area contributed by atoms with Gasteiger partial charge in [0.15, 0.2) is 0 Å². The summed E-state index contributed by atoms with van der Waals surface area (Å²) in [7, 11) is 0. The summed E-state index contributed by atoms with van der Waals surface area (Å²) < 4.78 is 5.42. The summed E-state index contributed by atoms with van der Waals surface area (Å²) in [6.45, 7) is 3.29. The first kappa shape index (κ1) is 21.8. The molecule has 2 aromatic carbocycles. The zero-order valence-corrected chi connectivity index (χ0v) is 17.2. The molecular weight excluding hydrogens is 382 g/mol. The highest BCUT2D eigenvalue weighted by molar-refractivity contribution is 5.89. The average Bonchev–Trinajstić information content (AvgIpc) is 2.76. The molecule has 1 fully saturated rings. The second-order valence-corrected chi connectivity index (χ2v) is 7.31. The SMILES string of the molecule is CCNC(=O)Nc1ccc([C@@H](O)[C@H]2COCC(=O)N2CCCc2ccccc2)cc1. The van der Waals surface area contributed by atoms with Gasteiger partial charge in [-0.3, -0.25) is 4.79 Å². The van der Waals surface area contributed by atoms with E-state index in [0.717, 1.165) is 12.8 Å². The summed E-state index contributed by atoms with van der Waals surface area (Å²) in [5, 5.41) is 16.3. The average molecular weight is 412 g/mol. The molecule has 1 heterocycles. The first-order valence-corrected chi connectivity index (χ1v) is 10.3. The van der Waals surface area contributed by atoms with Crippen molar-refractivity contribution < 1.29 is 19.4 Å². The van der Waals surface area contributed by atoms with Crippen LogP contribution in [0.2, 0.25) is 0 Å². The summed E-state index contributed by atoms with van der Waals surface area (Å²) in [5.41, 5.74) is 2.53. The molecule has 1 saturated heterocycles. The molecule has 0 saturated carbocycles. The Morgan fingerprint density at radius 2 is 1.93 bits per heavy atom. The van der Waals surface area contributed by atoms with E-state index in [1.807, 2.05) is 25.1 Å². The molecule has 0 unspecified atom stereocenters. The largest absolute Gasteiger partial charge is 0.386 e. The number of nitrogens with zero attached hydrogens (tertiary/aromatic N) is 1. The van der Waals surface area contributed by atoms with Crippen LogP contribution in [0.5, 0.6) is 0 Å². The third-order valence-corrected chi connectivity index (χ3v) is 5.15. The van der Waals surface area contributed by atoms with Crippen LogP contribution in [0.1, 0.15) is 30.6 Å². The van der Waals surface area contributed by atoms with Crippen LogP contribution in [-0.2, 0) is 16.0 Å². The second kappa shape index (κ2) is 10.8. The fraction of sp³-hybridized carbons (Fsp3) is 0.391. The highest BCUT2D eigenvalue weighted by atomic mass is 16.5. The minimum atomic E-state index is -0.871. The Morgan fingerprint density at radius 1 is 1.20 bits per heavy atom. The molecule has 3 amide bonds. The van der Waals surface area contributed by atoms with Crippen molar-refractivity contribution in [2.75, 3.05) is 31.6 Å². The Kier molecular flexibility index (Phi) is 7.82. The lowest BCUT2D eigenvalue weighted by Crippen LogP contribution is -2.52. The molecule has 0 aliphatic carbocycles. The third kappa shape index (κ3) is 5.81. The number of morpholine rings is 1. The highest BCUT2D eigenvalue weighted by Crippen LogP contribution is 2.25. The van der Waals surface area contributed by atoms with Gasteiger partial charge in [-0.15, -0.1) is 0 Å². The number of carbonyl (C=O) groups is 2. The molecule has 3 rings (SSSR count). The second-order valence-electron chi connectivity index (χ2n) is 7.31. The van der Waals surface area contributed by atoms with Gasteiger partial charge in [0, 0.05) is 18.8 Å². The van der Waals surface area contributed by atoms with Gasteiger partial charge in [0.2, 0.25) is 5.91 Å². The number of ether oxygens (including phenoxy) is 1. The molecule has 30 heavy (non-hydrogen) atoms. The van der Waals surface area contributed by atoms with Crippen molar-refractivity contribution in [3.8, 4) is 0 Å². The van der Waals surface area contributed by atoms with E-state index in [2.05, 4.69) is 22.8 Å². The van der Waals surface area contributed by atoms with Crippen LogP contribution in [0.15, 0.2) is 54.6 Å². The van der Waals surface area contributed by atoms with Crippen molar-refractivity contribution in [1.29, 1.82) is 0 Å². The first-order valence-electron chi connectivity index (χ1n) is 10.3. The monoisotopic (exact) mass is 411 g/mol. The lowest BCUT2D eigenvalue weighted by atomic mass is 9.99. The maximum absolute atomic E-state index is 12.5. The van der Waals surface area contributed by atoms with Crippen LogP contribution in [0.25, 0.3) is 0 Å². The molecule has 7 heteroatoms. The Balaban J connectivity index is 1.62. The molecule has 2 atom stereocenters. The first-order chi connectivity index (χ1) is 14.6. The van der Waals surface area contributed by atoms with E-state index in [4.69, 9.17) is 4.74 Å². The van der Waals surface area contributed by atoms with Gasteiger partial charge in [0.1, 0.15) is 12.7 Å². The molecular formula is C23H29N3O4. The predicted molar refractivity (Wildman–Crippen MR) is 115 cm³/mol. The van der Waals surface area contributed by atoms with E-state index < -0.39 is 12.1 Å². The highest BCUT2D eigenvalue weighted by Gasteiger charge is 2.34. The minimum absolute atomic E-state index is 0.0456. The molecule has 2 aromatic rings. The van der Waals surface area contributed by atoms with E-state index in [9.17, 15) is 14.7 Å². The van der Waals surface area contributed by atoms with E-state index in [1.54, 1.807) is 29.2 Å².